The summed E-state index contributed by atoms with van der Waals surface area (Å²) < 4.78 is 6.54. The van der Waals surface area contributed by atoms with Crippen LogP contribution in [0.5, 0.6) is 5.75 Å². The van der Waals surface area contributed by atoms with Crippen LogP contribution in [0, 0.1) is 0 Å². The Balaban J connectivity index is 1.78. The maximum absolute atomic E-state index is 12.5. The van der Waals surface area contributed by atoms with E-state index in [-0.39, 0.29) is 5.91 Å². The van der Waals surface area contributed by atoms with Crippen molar-refractivity contribution in [3.63, 3.8) is 0 Å². The first-order valence-electron chi connectivity index (χ1n) is 9.07. The molecule has 24 heavy (non-hydrogen) atoms. The average Bonchev–Trinajstić information content (AvgIpc) is 2.62. The van der Waals surface area contributed by atoms with Gasteiger partial charge < -0.3 is 15.0 Å². The summed E-state index contributed by atoms with van der Waals surface area (Å²) >= 11 is 2.52. The number of unbranched alkanes of at least 4 members (excludes halogenated alkanes) is 2. The molecule has 0 radical (unpaired) electrons. The first-order chi connectivity index (χ1) is 11.7. The minimum atomic E-state index is 0.105. The Kier molecular flexibility index (Phi) is 8.88. The summed E-state index contributed by atoms with van der Waals surface area (Å²) in [6.45, 7) is 6.25. The summed E-state index contributed by atoms with van der Waals surface area (Å²) in [5.41, 5.74) is 0.725. The van der Waals surface area contributed by atoms with E-state index >= 15 is 0 Å². The number of halogens is 1. The molecule has 1 aliphatic rings. The van der Waals surface area contributed by atoms with Crippen molar-refractivity contribution in [2.24, 2.45) is 0 Å². The SMILES string of the molecule is CCCCCC(I)CCOc1cccc(C(=O)N2CCNCC2)c1. The number of nitrogens with one attached hydrogen (secondary N) is 1. The van der Waals surface area contributed by atoms with Crippen molar-refractivity contribution in [1.82, 2.24) is 10.2 Å². The number of rotatable bonds is 9. The molecule has 0 spiro atoms. The van der Waals surface area contributed by atoms with E-state index in [1.807, 2.05) is 29.2 Å². The number of nitrogens with zero attached hydrogens (tertiary/aromatic N) is 1. The molecule has 1 aromatic rings. The van der Waals surface area contributed by atoms with Gasteiger partial charge in [-0.2, -0.15) is 0 Å². The van der Waals surface area contributed by atoms with E-state index in [9.17, 15) is 4.79 Å². The number of hydrogen-bond acceptors (Lipinski definition) is 3. The van der Waals surface area contributed by atoms with Gasteiger partial charge in [-0.3, -0.25) is 4.79 Å². The van der Waals surface area contributed by atoms with Gasteiger partial charge in [-0.1, -0.05) is 54.8 Å². The molecule has 134 valence electrons. The molecule has 1 fully saturated rings. The molecule has 0 bridgehead atoms. The van der Waals surface area contributed by atoms with Crippen LogP contribution < -0.4 is 10.1 Å². The zero-order valence-corrected chi connectivity index (χ0v) is 16.8. The summed E-state index contributed by atoms with van der Waals surface area (Å²) in [7, 11) is 0. The molecule has 1 amide bonds. The van der Waals surface area contributed by atoms with Crippen molar-refractivity contribution in [2.45, 2.75) is 43.0 Å². The monoisotopic (exact) mass is 444 g/mol. The number of benzene rings is 1. The standard InChI is InChI=1S/C19H29IN2O2/c1-2-3-4-7-17(20)9-14-24-18-8-5-6-16(15-18)19(23)22-12-10-21-11-13-22/h5-6,8,15,17,21H,2-4,7,9-14H2,1H3. The second-order valence-electron chi connectivity index (χ2n) is 6.30. The molecule has 0 saturated carbocycles. The number of carbonyl (C=O) groups is 1. The van der Waals surface area contributed by atoms with Gasteiger partial charge in [-0.15, -0.1) is 0 Å². The summed E-state index contributed by atoms with van der Waals surface area (Å²) in [6.07, 6.45) is 6.21. The average molecular weight is 444 g/mol. The van der Waals surface area contributed by atoms with Gasteiger partial charge in [-0.25, -0.2) is 0 Å². The van der Waals surface area contributed by atoms with Crippen molar-refractivity contribution in [3.05, 3.63) is 29.8 Å². The predicted octanol–water partition coefficient (Wildman–Crippen LogP) is 3.88. The first kappa shape index (κ1) is 19.5. The molecule has 5 heteroatoms. The maximum atomic E-state index is 12.5. The van der Waals surface area contributed by atoms with Crippen molar-refractivity contribution in [2.75, 3.05) is 32.8 Å². The van der Waals surface area contributed by atoms with E-state index in [0.29, 0.717) is 10.5 Å². The van der Waals surface area contributed by atoms with Crippen LogP contribution in [0.3, 0.4) is 0 Å². The molecular weight excluding hydrogens is 415 g/mol. The highest BCUT2D eigenvalue weighted by molar-refractivity contribution is 14.1. The summed E-state index contributed by atoms with van der Waals surface area (Å²) in [6, 6.07) is 7.61. The van der Waals surface area contributed by atoms with Crippen LogP contribution in [0.4, 0.5) is 0 Å². The predicted molar refractivity (Wildman–Crippen MR) is 107 cm³/mol. The van der Waals surface area contributed by atoms with Gasteiger partial charge in [-0.05, 0) is 31.0 Å². The Hall–Kier alpha value is -0.820. The number of amides is 1. The number of hydrogen-bond donors (Lipinski definition) is 1. The van der Waals surface area contributed by atoms with Gasteiger partial charge >= 0.3 is 0 Å². The van der Waals surface area contributed by atoms with Crippen LogP contribution >= 0.6 is 22.6 Å². The van der Waals surface area contributed by atoms with Crippen LogP contribution in [-0.2, 0) is 0 Å². The molecule has 1 heterocycles. The van der Waals surface area contributed by atoms with Gasteiger partial charge in [0.2, 0.25) is 0 Å². The molecule has 1 aliphatic heterocycles. The van der Waals surface area contributed by atoms with Crippen molar-refractivity contribution < 1.29 is 9.53 Å². The second kappa shape index (κ2) is 10.9. The fraction of sp³-hybridized carbons (Fsp3) is 0.632. The lowest BCUT2D eigenvalue weighted by Gasteiger charge is -2.27. The Morgan fingerprint density at radius 1 is 1.29 bits per heavy atom. The fourth-order valence-corrected chi connectivity index (χ4v) is 3.53. The molecule has 1 saturated heterocycles. The van der Waals surface area contributed by atoms with Crippen LogP contribution in [0.15, 0.2) is 24.3 Å². The third-order valence-electron chi connectivity index (χ3n) is 4.31. The molecule has 0 aliphatic carbocycles. The highest BCUT2D eigenvalue weighted by Gasteiger charge is 2.18. The summed E-state index contributed by atoms with van der Waals surface area (Å²) in [4.78, 5) is 14.4. The molecule has 1 unspecified atom stereocenters. The smallest absolute Gasteiger partial charge is 0.254 e. The third-order valence-corrected chi connectivity index (χ3v) is 5.55. The molecule has 1 N–H and O–H groups in total. The summed E-state index contributed by atoms with van der Waals surface area (Å²) in [5.74, 6) is 0.904. The van der Waals surface area contributed by atoms with Crippen molar-refractivity contribution in [3.8, 4) is 5.75 Å². The molecule has 1 atom stereocenters. The van der Waals surface area contributed by atoms with Crippen LogP contribution in [0.25, 0.3) is 0 Å². The Labute approximate surface area is 159 Å². The quantitative estimate of drug-likeness (QED) is 0.357. The zero-order chi connectivity index (χ0) is 17.2. The normalized spacial score (nSPS) is 16.0. The van der Waals surface area contributed by atoms with Gasteiger partial charge in [0.25, 0.3) is 5.91 Å². The first-order valence-corrected chi connectivity index (χ1v) is 10.3. The topological polar surface area (TPSA) is 41.6 Å². The molecule has 4 nitrogen and oxygen atoms in total. The number of alkyl halides is 1. The highest BCUT2D eigenvalue weighted by atomic mass is 127. The van der Waals surface area contributed by atoms with E-state index < -0.39 is 0 Å². The van der Waals surface area contributed by atoms with E-state index in [2.05, 4.69) is 34.8 Å². The number of carbonyl (C=O) groups excluding carboxylic acids is 1. The molecular formula is C19H29IN2O2. The van der Waals surface area contributed by atoms with Gasteiger partial charge in [0.15, 0.2) is 0 Å². The molecule has 0 aromatic heterocycles. The highest BCUT2D eigenvalue weighted by Crippen LogP contribution is 2.18. The van der Waals surface area contributed by atoms with Crippen LogP contribution in [0.2, 0.25) is 0 Å². The van der Waals surface area contributed by atoms with Crippen LogP contribution in [-0.4, -0.2) is 47.5 Å². The lowest BCUT2D eigenvalue weighted by atomic mass is 10.1. The number of ether oxygens (including phenoxy) is 1. The van der Waals surface area contributed by atoms with E-state index in [4.69, 9.17) is 4.74 Å². The van der Waals surface area contributed by atoms with Gasteiger partial charge in [0.1, 0.15) is 5.75 Å². The lowest BCUT2D eigenvalue weighted by molar-refractivity contribution is 0.0735. The van der Waals surface area contributed by atoms with Gasteiger partial charge in [0, 0.05) is 35.7 Å². The Morgan fingerprint density at radius 3 is 2.83 bits per heavy atom. The lowest BCUT2D eigenvalue weighted by Crippen LogP contribution is -2.46. The maximum Gasteiger partial charge on any atom is 0.254 e. The van der Waals surface area contributed by atoms with E-state index in [1.165, 1.54) is 25.7 Å². The van der Waals surface area contributed by atoms with E-state index in [0.717, 1.165) is 43.9 Å². The van der Waals surface area contributed by atoms with Crippen LogP contribution in [0.1, 0.15) is 49.4 Å². The Bertz CT molecular complexity index is 504. The fourth-order valence-electron chi connectivity index (χ4n) is 2.83. The second-order valence-corrected chi connectivity index (χ2v) is 8.06. The summed E-state index contributed by atoms with van der Waals surface area (Å²) in [5, 5.41) is 3.27. The largest absolute Gasteiger partial charge is 0.494 e. The third kappa shape index (κ3) is 6.59. The molecule has 1 aromatic carbocycles. The molecule has 2 rings (SSSR count). The number of piperazine rings is 1. The minimum Gasteiger partial charge on any atom is -0.494 e. The van der Waals surface area contributed by atoms with E-state index in [1.54, 1.807) is 0 Å². The van der Waals surface area contributed by atoms with Crippen molar-refractivity contribution >= 4 is 28.5 Å². The minimum absolute atomic E-state index is 0.105. The van der Waals surface area contributed by atoms with Gasteiger partial charge in [0.05, 0.1) is 6.61 Å². The zero-order valence-electron chi connectivity index (χ0n) is 14.6. The van der Waals surface area contributed by atoms with Crippen molar-refractivity contribution in [1.29, 1.82) is 0 Å². The Morgan fingerprint density at radius 2 is 2.08 bits per heavy atom.